The second-order valence-corrected chi connectivity index (χ2v) is 3.96. The topological polar surface area (TPSA) is 34.1 Å². The lowest BCUT2D eigenvalue weighted by molar-refractivity contribution is -0.137. The molecule has 0 saturated heterocycles. The number of aromatic nitrogens is 1. The Morgan fingerprint density at radius 2 is 2.17 bits per heavy atom. The Labute approximate surface area is 103 Å². The van der Waals surface area contributed by atoms with E-state index in [0.717, 1.165) is 19.0 Å². The maximum absolute atomic E-state index is 13.0. The molecule has 2 heterocycles. The van der Waals surface area contributed by atoms with Gasteiger partial charge in [0, 0.05) is 24.4 Å². The summed E-state index contributed by atoms with van der Waals surface area (Å²) in [5.41, 5.74) is 0.0449. The van der Waals surface area contributed by atoms with E-state index in [9.17, 15) is 13.2 Å². The minimum absolute atomic E-state index is 0.0320. The Morgan fingerprint density at radius 1 is 1.39 bits per heavy atom. The SMILES string of the molecule is COc1cc(C(F)(F)F)c(C2=CCCNC2)cn1. The van der Waals surface area contributed by atoms with Crippen LogP contribution in [-0.4, -0.2) is 25.2 Å². The van der Waals surface area contributed by atoms with Gasteiger partial charge in [-0.05, 0) is 18.5 Å². The Morgan fingerprint density at radius 3 is 2.72 bits per heavy atom. The average molecular weight is 258 g/mol. The van der Waals surface area contributed by atoms with Crippen molar-refractivity contribution in [2.24, 2.45) is 0 Å². The van der Waals surface area contributed by atoms with Gasteiger partial charge in [0.25, 0.3) is 0 Å². The fraction of sp³-hybridized carbons (Fsp3) is 0.417. The average Bonchev–Trinajstić information content (AvgIpc) is 2.38. The number of halogens is 3. The molecule has 0 radical (unpaired) electrons. The summed E-state index contributed by atoms with van der Waals surface area (Å²) in [4.78, 5) is 3.86. The highest BCUT2D eigenvalue weighted by Crippen LogP contribution is 2.36. The predicted molar refractivity (Wildman–Crippen MR) is 61.3 cm³/mol. The molecule has 1 N–H and O–H groups in total. The lowest BCUT2D eigenvalue weighted by Crippen LogP contribution is -2.23. The van der Waals surface area contributed by atoms with E-state index >= 15 is 0 Å². The number of rotatable bonds is 2. The number of alkyl halides is 3. The minimum atomic E-state index is -4.41. The largest absolute Gasteiger partial charge is 0.481 e. The van der Waals surface area contributed by atoms with Crippen molar-refractivity contribution >= 4 is 5.57 Å². The summed E-state index contributed by atoms with van der Waals surface area (Å²) in [5, 5.41) is 3.05. The summed E-state index contributed by atoms with van der Waals surface area (Å²) < 4.78 is 43.7. The van der Waals surface area contributed by atoms with Crippen LogP contribution in [0.4, 0.5) is 13.2 Å². The summed E-state index contributed by atoms with van der Waals surface area (Å²) in [6.07, 6.45) is -0.655. The van der Waals surface area contributed by atoms with E-state index in [2.05, 4.69) is 10.3 Å². The van der Waals surface area contributed by atoms with Gasteiger partial charge in [0.1, 0.15) is 0 Å². The maximum atomic E-state index is 13.0. The van der Waals surface area contributed by atoms with Gasteiger partial charge in [-0.1, -0.05) is 6.08 Å². The molecule has 3 nitrogen and oxygen atoms in total. The molecule has 0 aromatic carbocycles. The zero-order valence-corrected chi connectivity index (χ0v) is 9.84. The molecule has 0 fully saturated rings. The van der Waals surface area contributed by atoms with Crippen LogP contribution in [-0.2, 0) is 6.18 Å². The van der Waals surface area contributed by atoms with Gasteiger partial charge in [-0.25, -0.2) is 4.98 Å². The van der Waals surface area contributed by atoms with Gasteiger partial charge in [0.2, 0.25) is 5.88 Å². The molecule has 18 heavy (non-hydrogen) atoms. The molecule has 0 amide bonds. The second-order valence-electron chi connectivity index (χ2n) is 3.96. The highest BCUT2D eigenvalue weighted by Gasteiger charge is 2.35. The van der Waals surface area contributed by atoms with Crippen molar-refractivity contribution in [2.45, 2.75) is 12.6 Å². The Bertz CT molecular complexity index is 469. The van der Waals surface area contributed by atoms with E-state index in [1.165, 1.54) is 13.3 Å². The molecule has 1 aromatic rings. The summed E-state index contributed by atoms with van der Waals surface area (Å²) in [5.74, 6) is -0.0320. The van der Waals surface area contributed by atoms with Crippen molar-refractivity contribution < 1.29 is 17.9 Å². The number of nitrogens with one attached hydrogen (secondary N) is 1. The van der Waals surface area contributed by atoms with Crippen molar-refractivity contribution in [1.29, 1.82) is 0 Å². The number of pyridine rings is 1. The zero-order chi connectivity index (χ0) is 13.2. The number of nitrogens with zero attached hydrogens (tertiary/aromatic N) is 1. The van der Waals surface area contributed by atoms with E-state index in [1.807, 2.05) is 6.08 Å². The normalized spacial score (nSPS) is 16.3. The number of hydrogen-bond acceptors (Lipinski definition) is 3. The van der Waals surface area contributed by atoms with Crippen molar-refractivity contribution in [2.75, 3.05) is 20.2 Å². The first-order valence-electron chi connectivity index (χ1n) is 5.53. The first-order chi connectivity index (χ1) is 8.52. The zero-order valence-electron chi connectivity index (χ0n) is 9.84. The second kappa shape index (κ2) is 4.97. The van der Waals surface area contributed by atoms with Gasteiger partial charge >= 0.3 is 6.18 Å². The number of ether oxygens (including phenoxy) is 1. The van der Waals surface area contributed by atoms with E-state index in [-0.39, 0.29) is 11.4 Å². The van der Waals surface area contributed by atoms with Crippen LogP contribution in [0.3, 0.4) is 0 Å². The Kier molecular flexibility index (Phi) is 3.56. The third-order valence-corrected chi connectivity index (χ3v) is 2.77. The van der Waals surface area contributed by atoms with Gasteiger partial charge < -0.3 is 10.1 Å². The highest BCUT2D eigenvalue weighted by atomic mass is 19.4. The summed E-state index contributed by atoms with van der Waals surface area (Å²) in [7, 11) is 1.30. The molecule has 1 aromatic heterocycles. The van der Waals surface area contributed by atoms with Crippen LogP contribution in [0.5, 0.6) is 5.88 Å². The first kappa shape index (κ1) is 12.9. The smallest absolute Gasteiger partial charge is 0.417 e. The van der Waals surface area contributed by atoms with Crippen LogP contribution in [0.25, 0.3) is 5.57 Å². The number of methoxy groups -OCH3 is 1. The molecule has 0 bridgehead atoms. The number of hydrogen-bond donors (Lipinski definition) is 1. The molecular formula is C12H13F3N2O. The highest BCUT2D eigenvalue weighted by molar-refractivity contribution is 5.70. The Balaban J connectivity index is 2.49. The van der Waals surface area contributed by atoms with Crippen molar-refractivity contribution in [3.05, 3.63) is 29.5 Å². The van der Waals surface area contributed by atoms with Crippen LogP contribution in [0, 0.1) is 0 Å². The van der Waals surface area contributed by atoms with Crippen LogP contribution < -0.4 is 10.1 Å². The van der Waals surface area contributed by atoms with Gasteiger partial charge in [-0.15, -0.1) is 0 Å². The summed E-state index contributed by atoms with van der Waals surface area (Å²) in [6, 6.07) is 0.935. The molecule has 1 aliphatic heterocycles. The monoisotopic (exact) mass is 258 g/mol. The molecule has 0 aliphatic carbocycles. The fourth-order valence-electron chi connectivity index (χ4n) is 1.89. The lowest BCUT2D eigenvalue weighted by Gasteiger charge is -2.19. The van der Waals surface area contributed by atoms with E-state index in [4.69, 9.17) is 4.74 Å². The van der Waals surface area contributed by atoms with Crippen LogP contribution in [0.2, 0.25) is 0 Å². The van der Waals surface area contributed by atoms with Crippen molar-refractivity contribution in [1.82, 2.24) is 10.3 Å². The summed E-state index contributed by atoms with van der Waals surface area (Å²) >= 11 is 0. The molecule has 1 aliphatic rings. The van der Waals surface area contributed by atoms with E-state index in [0.29, 0.717) is 12.1 Å². The standard InChI is InChI=1S/C12H13F3N2O/c1-18-11-5-10(12(13,14)15)9(7-17-11)8-3-2-4-16-6-8/h3,5,7,16H,2,4,6H2,1H3. The van der Waals surface area contributed by atoms with E-state index < -0.39 is 11.7 Å². The van der Waals surface area contributed by atoms with Gasteiger partial charge in [0.15, 0.2) is 0 Å². The summed E-state index contributed by atoms with van der Waals surface area (Å²) in [6.45, 7) is 1.21. The molecule has 0 saturated carbocycles. The molecular weight excluding hydrogens is 245 g/mol. The minimum Gasteiger partial charge on any atom is -0.481 e. The van der Waals surface area contributed by atoms with Gasteiger partial charge in [-0.2, -0.15) is 13.2 Å². The van der Waals surface area contributed by atoms with Crippen LogP contribution in [0.1, 0.15) is 17.5 Å². The molecule has 0 spiro atoms. The molecule has 98 valence electrons. The van der Waals surface area contributed by atoms with Crippen molar-refractivity contribution in [3.63, 3.8) is 0 Å². The van der Waals surface area contributed by atoms with E-state index in [1.54, 1.807) is 0 Å². The third kappa shape index (κ3) is 2.64. The Hall–Kier alpha value is -1.56. The molecule has 2 rings (SSSR count). The predicted octanol–water partition coefficient (Wildman–Crippen LogP) is 2.49. The maximum Gasteiger partial charge on any atom is 0.417 e. The molecule has 0 atom stereocenters. The molecule has 0 unspecified atom stereocenters. The third-order valence-electron chi connectivity index (χ3n) is 2.77. The fourth-order valence-corrected chi connectivity index (χ4v) is 1.89. The van der Waals surface area contributed by atoms with Crippen molar-refractivity contribution in [3.8, 4) is 5.88 Å². The lowest BCUT2D eigenvalue weighted by atomic mass is 9.99. The van der Waals surface area contributed by atoms with Crippen LogP contribution in [0.15, 0.2) is 18.3 Å². The van der Waals surface area contributed by atoms with Gasteiger partial charge in [-0.3, -0.25) is 0 Å². The first-order valence-corrected chi connectivity index (χ1v) is 5.53. The molecule has 6 heteroatoms. The quantitative estimate of drug-likeness (QED) is 0.885. The van der Waals surface area contributed by atoms with Crippen LogP contribution >= 0.6 is 0 Å². The van der Waals surface area contributed by atoms with Gasteiger partial charge in [0.05, 0.1) is 12.7 Å².